The summed E-state index contributed by atoms with van der Waals surface area (Å²) in [6.07, 6.45) is -19.6. The zero-order valence-electron chi connectivity index (χ0n) is 55.9. The normalized spacial score (nSPS) is 15.2. The summed E-state index contributed by atoms with van der Waals surface area (Å²) in [5.74, 6) is -5.92. The van der Waals surface area contributed by atoms with E-state index < -0.39 is 139 Å². The van der Waals surface area contributed by atoms with Crippen LogP contribution in [0.15, 0.2) is 171 Å². The van der Waals surface area contributed by atoms with Crippen LogP contribution in [0.1, 0.15) is 90.2 Å². The second-order valence-electron chi connectivity index (χ2n) is 20.2. The Hall–Kier alpha value is -6.83. The van der Waals surface area contributed by atoms with Crippen molar-refractivity contribution in [1.29, 1.82) is 0 Å². The number of amides is 4. The van der Waals surface area contributed by atoms with Crippen molar-refractivity contribution in [2.75, 3.05) is 30.9 Å². The molecule has 572 valence electrons. The first kappa shape index (κ1) is 102. The van der Waals surface area contributed by atoms with Gasteiger partial charge in [-0.2, -0.15) is 65.9 Å². The monoisotopic (exact) mass is 1760 g/mol. The molecule has 0 unspecified atom stereocenters. The number of Topliss-reactive ketones (excluding diaryl/α,β-unsaturated/α-hetero) is 2. The molecule has 4 amide bonds. The summed E-state index contributed by atoms with van der Waals surface area (Å²) in [5, 5.41) is 19.0. The molecular weight excluding hydrogens is 1680 g/mol. The van der Waals surface area contributed by atoms with Crippen molar-refractivity contribution in [3.63, 3.8) is 0 Å². The summed E-state index contributed by atoms with van der Waals surface area (Å²) in [5.41, 5.74) is -1.21. The molecule has 0 radical (unpaired) electrons. The van der Waals surface area contributed by atoms with E-state index in [1.54, 1.807) is 19.1 Å². The molecular formula is C67H82BrF15IInN2O15. The molecule has 4 N–H and O–H groups in total. The third kappa shape index (κ3) is 45.3. The van der Waals surface area contributed by atoms with E-state index >= 15 is 0 Å². The van der Waals surface area contributed by atoms with Crippen LogP contribution in [-0.2, 0) is 60.6 Å². The first-order valence-electron chi connectivity index (χ1n) is 30.1. The zero-order valence-corrected chi connectivity index (χ0v) is 63.7. The first-order valence-corrected chi connectivity index (χ1v) is 43.5. The van der Waals surface area contributed by atoms with Crippen LogP contribution in [0.5, 0.6) is 0 Å². The van der Waals surface area contributed by atoms with E-state index in [-0.39, 0.29) is 77.1 Å². The van der Waals surface area contributed by atoms with Crippen molar-refractivity contribution < 1.29 is 139 Å². The number of esters is 2. The molecule has 2 fully saturated rings. The fourth-order valence-electron chi connectivity index (χ4n) is 7.44. The van der Waals surface area contributed by atoms with E-state index in [2.05, 4.69) is 54.7 Å². The number of alkyl halides is 16. The van der Waals surface area contributed by atoms with Gasteiger partial charge in [0, 0.05) is 45.6 Å². The Bertz CT molecular complexity index is 3070. The molecule has 2 aromatic carbocycles. The summed E-state index contributed by atoms with van der Waals surface area (Å²) < 4.78 is 202. The van der Waals surface area contributed by atoms with Crippen molar-refractivity contribution in [2.45, 2.75) is 151 Å². The molecule has 0 spiro atoms. The molecule has 102 heavy (non-hydrogen) atoms. The van der Waals surface area contributed by atoms with E-state index in [0.717, 1.165) is 53.3 Å². The summed E-state index contributed by atoms with van der Waals surface area (Å²) in [7, 11) is 0. The van der Waals surface area contributed by atoms with E-state index in [1.807, 2.05) is 77.2 Å². The van der Waals surface area contributed by atoms with Gasteiger partial charge in [-0.15, -0.1) is 26.3 Å². The Labute approximate surface area is 611 Å². The van der Waals surface area contributed by atoms with Gasteiger partial charge in [0.2, 0.25) is 11.7 Å². The third-order valence-electron chi connectivity index (χ3n) is 12.3. The number of allylic oxidation sites excluding steroid dienone is 10. The van der Waals surface area contributed by atoms with Crippen LogP contribution in [0, 0.1) is 0 Å². The van der Waals surface area contributed by atoms with Crippen LogP contribution in [-0.4, -0.2) is 180 Å². The van der Waals surface area contributed by atoms with Crippen LogP contribution in [0.2, 0.25) is 4.18 Å². The molecule has 2 aliphatic rings. The zero-order chi connectivity index (χ0) is 78.3. The number of imide groups is 2. The quantitative estimate of drug-likeness (QED) is 0.0123. The number of halogens is 17. The van der Waals surface area contributed by atoms with Crippen LogP contribution in [0.4, 0.5) is 75.4 Å². The molecule has 0 bridgehead atoms. The van der Waals surface area contributed by atoms with Crippen LogP contribution in [0.25, 0.3) is 0 Å². The smallest absolute Gasteiger partial charge is 0.450 e. The average Bonchev–Trinajstić information content (AvgIpc) is 1.68. The van der Waals surface area contributed by atoms with Gasteiger partial charge in [-0.1, -0.05) is 133 Å². The van der Waals surface area contributed by atoms with Gasteiger partial charge in [0.15, 0.2) is 5.78 Å². The molecule has 35 heteroatoms. The molecule has 0 saturated carbocycles. The number of carbonyl (C=O) groups excluding carboxylic acids is 8. The number of nitrogens with zero attached hydrogens (tertiary/aromatic N) is 2. The Balaban J connectivity index is -0.000000572. The number of rotatable bonds is 27. The van der Waals surface area contributed by atoms with Gasteiger partial charge in [-0.3, -0.25) is 24.0 Å². The third-order valence-corrected chi connectivity index (χ3v) is 17.6. The number of hydrogen-bond acceptors (Lipinski definition) is 14. The summed E-state index contributed by atoms with van der Waals surface area (Å²) in [6.45, 7) is 22.6. The maximum absolute atomic E-state index is 12.9. The summed E-state index contributed by atoms with van der Waals surface area (Å²) in [4.78, 5) is 91.2. The molecule has 2 aromatic rings. The fourth-order valence-corrected chi connectivity index (χ4v) is 10.6. The van der Waals surface area contributed by atoms with Gasteiger partial charge in [0.05, 0.1) is 25.3 Å². The van der Waals surface area contributed by atoms with Gasteiger partial charge in [0.1, 0.15) is 31.8 Å². The Morgan fingerprint density at radius 2 is 0.961 bits per heavy atom. The number of cyclic esters (lactones) is 2. The number of hydrogen-bond donors (Lipinski definition) is 2. The van der Waals surface area contributed by atoms with Crippen LogP contribution >= 0.6 is 34.9 Å². The number of aliphatic hydroxyl groups is 2. The van der Waals surface area contributed by atoms with Gasteiger partial charge < -0.3 is 34.6 Å². The SMILES string of the molecule is C=CC/C(=C\C(=O)OCC)C(F)(F)F.C=CC/C(=C\CI)C(F)(F)F.C=CC/C(=C\C[C@H](O)C(=O)N1C(=O)OC[C@H]1Cc1ccccc1)C(F)(F)F.C=CC/C(=C\C[C@H](O)C(C)=O)C(F)(F)F.C=C[CH2][InH][Br].CCC(=O)N1C(=O)OC[C@H]1Cc1ccccc1.CCOC(=O)CC(=O)C(F)(F)F.O. The van der Waals surface area contributed by atoms with Gasteiger partial charge >= 0.3 is 105 Å². The molecule has 0 aromatic heterocycles. The molecule has 4 rings (SSSR count). The molecule has 2 saturated heterocycles. The molecule has 2 aliphatic heterocycles. The largest absolute Gasteiger partial charge is 0.466 e. The number of carbonyl (C=O) groups is 8. The van der Waals surface area contributed by atoms with Crippen molar-refractivity contribution in [2.24, 2.45) is 0 Å². The molecule has 17 nitrogen and oxygen atoms in total. The predicted molar refractivity (Wildman–Crippen MR) is 365 cm³/mol. The average molecular weight is 1760 g/mol. The van der Waals surface area contributed by atoms with Crippen molar-refractivity contribution in [1.82, 2.24) is 9.80 Å². The summed E-state index contributed by atoms with van der Waals surface area (Å²) in [6, 6.07) is 18.1. The second-order valence-corrected chi connectivity index (χ2v) is 29.1. The Kier molecular flexibility index (Phi) is 53.6. The number of ketones is 2. The van der Waals surface area contributed by atoms with E-state index in [4.69, 9.17) is 14.6 Å². The predicted octanol–water partition coefficient (Wildman–Crippen LogP) is 15.5. The van der Waals surface area contributed by atoms with Crippen molar-refractivity contribution >= 4 is 103 Å². The van der Waals surface area contributed by atoms with E-state index in [0.29, 0.717) is 36.4 Å². The van der Waals surface area contributed by atoms with Crippen molar-refractivity contribution in [3.05, 3.63) is 182 Å². The fraction of sp³-hybridized carbons (Fsp3) is 0.433. The Morgan fingerprint density at radius 3 is 1.28 bits per heavy atom. The van der Waals surface area contributed by atoms with Crippen molar-refractivity contribution in [3.8, 4) is 0 Å². The number of benzene rings is 2. The minimum absolute atomic E-state index is 0. The van der Waals surface area contributed by atoms with Gasteiger partial charge in [0.25, 0.3) is 5.91 Å². The van der Waals surface area contributed by atoms with Crippen LogP contribution in [0.3, 0.4) is 0 Å². The standard InChI is InChI=1S/C19H20F3NO4.C13H15NO3.C10H13F3O2.C9H11F3O2.C7H8F3I.C6H7F3O3.C3H5.BrH.In.H2O.H/c1-2-6-14(19(20,21)22)9-10-16(24)17(25)23-15(12-27-18(23)26)11-13-7-4-3-5-8-13;1-2-12(15)14-11(9-17-13(14)16)8-10-6-4-3-5-7-10;1-3-4-8(10(11,12)13)5-6-9(15)7(2)14;1-3-5-7(9(10,11)12)6-8(13)14-4-2;1-2-3-6(4-5-11)7(8,9)10;1-2-12-5(11)3-4(10)6(7,8)9;1-3-2;;;;/h2-5,7-9,15-16,24H,1,6,10-12H2;3-7,11H,2,8-9H2,1H3;3,5,9,15H,1,4,6H2,2H3;3,6H,1,4-5H2,2H3;2,4H,1,3,5H2;2-3H2,1H3;3H,1-2H2;1H;;1H2;/q;;;;;;;;+1;;/p-1/b14-9+;;8-5+;7-6+;6-4+;;;;;;/t15-,16+;11-;9-;;;;;;;;/m110......../s1. The topological polar surface area (TPSA) is 252 Å². The van der Waals surface area contributed by atoms with E-state index in [9.17, 15) is 109 Å². The van der Waals surface area contributed by atoms with E-state index in [1.165, 1.54) is 35.1 Å². The summed E-state index contributed by atoms with van der Waals surface area (Å²) >= 11 is 4.95. The number of ether oxygens (including phenoxy) is 4. The first-order chi connectivity index (χ1) is 47.0. The molecule has 4 atom stereocenters. The van der Waals surface area contributed by atoms with Gasteiger partial charge in [-0.05, 0) is 76.8 Å². The van der Waals surface area contributed by atoms with Crippen LogP contribution < -0.4 is 0 Å². The second kappa shape index (κ2) is 53.9. The maximum atomic E-state index is 12.9. The Morgan fingerprint density at radius 1 is 0.588 bits per heavy atom. The maximum Gasteiger partial charge on any atom is 0.450 e. The minimum atomic E-state index is -4.95. The molecule has 0 aliphatic carbocycles. The number of aliphatic hydroxyl groups excluding tert-OH is 2. The van der Waals surface area contributed by atoms with Gasteiger partial charge in [-0.25, -0.2) is 24.2 Å². The minimum Gasteiger partial charge on any atom is -0.466 e. The molecule has 2 heterocycles.